The van der Waals surface area contributed by atoms with Crippen LogP contribution in [0, 0.1) is 6.92 Å². The third-order valence-electron chi connectivity index (χ3n) is 2.64. The molecule has 0 saturated heterocycles. The fraction of sp³-hybridized carbons (Fsp3) is 0.143. The van der Waals surface area contributed by atoms with Gasteiger partial charge >= 0.3 is 10.1 Å². The maximum atomic E-state index is 12.2. The molecule has 0 fully saturated rings. The Labute approximate surface area is 123 Å². The quantitative estimate of drug-likeness (QED) is 0.857. The van der Waals surface area contributed by atoms with Crippen LogP contribution in [0.1, 0.15) is 12.5 Å². The molecule has 6 nitrogen and oxygen atoms in total. The SMILES string of the molecule is CC(=O)Nc1ccc(S(=O)(=O)O[n+]2ccccc2)c(C)c1. The van der Waals surface area contributed by atoms with Gasteiger partial charge < -0.3 is 5.32 Å². The second-order valence-electron chi connectivity index (χ2n) is 4.43. The van der Waals surface area contributed by atoms with Crippen LogP contribution in [0.2, 0.25) is 0 Å². The highest BCUT2D eigenvalue weighted by atomic mass is 32.2. The van der Waals surface area contributed by atoms with Crippen LogP contribution in [0.25, 0.3) is 0 Å². The molecule has 0 saturated carbocycles. The van der Waals surface area contributed by atoms with Crippen LogP contribution in [-0.2, 0) is 14.9 Å². The molecule has 1 N–H and O–H groups in total. The number of rotatable bonds is 4. The van der Waals surface area contributed by atoms with Crippen molar-refractivity contribution in [3.8, 4) is 0 Å². The molecule has 2 rings (SSSR count). The summed E-state index contributed by atoms with van der Waals surface area (Å²) < 4.78 is 30.5. The van der Waals surface area contributed by atoms with Gasteiger partial charge in [0.05, 0.1) is 0 Å². The molecule has 110 valence electrons. The van der Waals surface area contributed by atoms with E-state index in [2.05, 4.69) is 5.32 Å². The average Bonchev–Trinajstić information content (AvgIpc) is 2.38. The van der Waals surface area contributed by atoms with Crippen molar-refractivity contribution < 1.29 is 22.2 Å². The van der Waals surface area contributed by atoms with Crippen molar-refractivity contribution in [3.63, 3.8) is 0 Å². The highest BCUT2D eigenvalue weighted by Gasteiger charge is 2.24. The summed E-state index contributed by atoms with van der Waals surface area (Å²) >= 11 is 0. The van der Waals surface area contributed by atoms with Crippen molar-refractivity contribution in [3.05, 3.63) is 54.4 Å². The van der Waals surface area contributed by atoms with Gasteiger partial charge in [-0.15, -0.1) is 4.28 Å². The normalized spacial score (nSPS) is 11.0. The number of carbonyl (C=O) groups is 1. The summed E-state index contributed by atoms with van der Waals surface area (Å²) in [4.78, 5) is 11.0. The summed E-state index contributed by atoms with van der Waals surface area (Å²) in [7, 11) is -3.94. The third kappa shape index (κ3) is 3.79. The minimum absolute atomic E-state index is 0.0490. The molecule has 2 aromatic rings. The smallest absolute Gasteiger partial charge is 0.326 e. The molecule has 21 heavy (non-hydrogen) atoms. The molecule has 1 heterocycles. The maximum Gasteiger partial charge on any atom is 0.396 e. The highest BCUT2D eigenvalue weighted by molar-refractivity contribution is 7.86. The van der Waals surface area contributed by atoms with E-state index in [4.69, 9.17) is 4.28 Å². The lowest BCUT2D eigenvalue weighted by Crippen LogP contribution is -2.45. The van der Waals surface area contributed by atoms with Crippen molar-refractivity contribution in [1.82, 2.24) is 0 Å². The van der Waals surface area contributed by atoms with Crippen LogP contribution in [0.3, 0.4) is 0 Å². The first-order valence-corrected chi connectivity index (χ1v) is 7.59. The van der Waals surface area contributed by atoms with Crippen molar-refractivity contribution in [2.24, 2.45) is 0 Å². The standard InChI is InChI=1S/C14H14N2O4S/c1-11-10-13(15-12(2)17)6-7-14(11)21(18,19)20-16-8-4-3-5-9-16/h3-10H,1-2H3/p+1. The van der Waals surface area contributed by atoms with E-state index in [0.29, 0.717) is 11.3 Å². The second-order valence-corrected chi connectivity index (χ2v) is 5.92. The van der Waals surface area contributed by atoms with Gasteiger partial charge in [-0.3, -0.25) is 4.79 Å². The number of nitrogens with one attached hydrogen (secondary N) is 1. The van der Waals surface area contributed by atoms with E-state index < -0.39 is 10.1 Å². The molecule has 1 aromatic carbocycles. The minimum atomic E-state index is -3.94. The lowest BCUT2D eigenvalue weighted by Gasteiger charge is -2.07. The molecule has 0 aliphatic carbocycles. The summed E-state index contributed by atoms with van der Waals surface area (Å²) in [6.45, 7) is 3.02. The van der Waals surface area contributed by atoms with E-state index in [9.17, 15) is 13.2 Å². The lowest BCUT2D eigenvalue weighted by molar-refractivity contribution is -0.856. The zero-order valence-electron chi connectivity index (χ0n) is 11.6. The molecule has 0 unspecified atom stereocenters. The summed E-state index contributed by atoms with van der Waals surface area (Å²) in [6.07, 6.45) is 2.97. The predicted octanol–water partition coefficient (Wildman–Crippen LogP) is 1.06. The Morgan fingerprint density at radius 2 is 1.86 bits per heavy atom. The lowest BCUT2D eigenvalue weighted by atomic mass is 10.2. The highest BCUT2D eigenvalue weighted by Crippen LogP contribution is 2.19. The van der Waals surface area contributed by atoms with Gasteiger partial charge in [0, 0.05) is 29.5 Å². The van der Waals surface area contributed by atoms with Gasteiger partial charge in [-0.25, -0.2) is 0 Å². The van der Waals surface area contributed by atoms with E-state index in [1.54, 1.807) is 31.2 Å². The molecule has 0 aliphatic heterocycles. The number of nitrogens with zero attached hydrogens (tertiary/aromatic N) is 1. The van der Waals surface area contributed by atoms with E-state index in [1.807, 2.05) is 0 Å². The second kappa shape index (κ2) is 5.92. The van der Waals surface area contributed by atoms with Gasteiger partial charge in [-0.05, 0) is 30.7 Å². The van der Waals surface area contributed by atoms with Crippen LogP contribution in [0.15, 0.2) is 53.7 Å². The van der Waals surface area contributed by atoms with Crippen LogP contribution in [0.5, 0.6) is 0 Å². The van der Waals surface area contributed by atoms with Gasteiger partial charge in [0.1, 0.15) is 4.90 Å². The number of hydrogen-bond acceptors (Lipinski definition) is 4. The molecular formula is C14H15N2O4S+. The minimum Gasteiger partial charge on any atom is -0.326 e. The van der Waals surface area contributed by atoms with Crippen LogP contribution in [-0.4, -0.2) is 14.3 Å². The largest absolute Gasteiger partial charge is 0.396 e. The third-order valence-corrected chi connectivity index (χ3v) is 4.00. The van der Waals surface area contributed by atoms with Crippen molar-refractivity contribution in [2.75, 3.05) is 5.32 Å². The summed E-state index contributed by atoms with van der Waals surface area (Å²) in [6, 6.07) is 9.55. The number of hydrogen-bond donors (Lipinski definition) is 1. The molecule has 1 aromatic heterocycles. The molecule has 1 amide bonds. The molecule has 0 atom stereocenters. The van der Waals surface area contributed by atoms with Gasteiger partial charge in [-0.1, -0.05) is 6.07 Å². The molecule has 0 aliphatic rings. The fourth-order valence-corrected chi connectivity index (χ4v) is 2.89. The Kier molecular flexibility index (Phi) is 4.23. The summed E-state index contributed by atoms with van der Waals surface area (Å²) in [5.41, 5.74) is 1.02. The number of anilines is 1. The predicted molar refractivity (Wildman–Crippen MR) is 75.9 cm³/mol. The fourth-order valence-electron chi connectivity index (χ4n) is 1.80. The number of aryl methyl sites for hydroxylation is 1. The van der Waals surface area contributed by atoms with Crippen LogP contribution >= 0.6 is 0 Å². The van der Waals surface area contributed by atoms with Gasteiger partial charge in [0.15, 0.2) is 0 Å². The van der Waals surface area contributed by atoms with E-state index >= 15 is 0 Å². The van der Waals surface area contributed by atoms with Crippen molar-refractivity contribution in [2.45, 2.75) is 18.7 Å². The molecule has 7 heteroatoms. The summed E-state index contributed by atoms with van der Waals surface area (Å²) in [5, 5.41) is 2.59. The topological polar surface area (TPSA) is 76.3 Å². The van der Waals surface area contributed by atoms with E-state index in [1.165, 1.54) is 31.5 Å². The summed E-state index contributed by atoms with van der Waals surface area (Å²) in [5.74, 6) is -0.221. The van der Waals surface area contributed by atoms with Gasteiger partial charge in [-0.2, -0.15) is 8.42 Å². The Morgan fingerprint density at radius 3 is 2.43 bits per heavy atom. The Hall–Kier alpha value is -2.41. The zero-order chi connectivity index (χ0) is 15.5. The Balaban J connectivity index is 2.30. The van der Waals surface area contributed by atoms with Crippen molar-refractivity contribution >= 4 is 21.7 Å². The van der Waals surface area contributed by atoms with Crippen LogP contribution in [0.4, 0.5) is 5.69 Å². The number of carbonyl (C=O) groups excluding carboxylic acids is 1. The number of pyridine rings is 1. The maximum absolute atomic E-state index is 12.2. The first kappa shape index (κ1) is 15.0. The number of benzene rings is 1. The molecular weight excluding hydrogens is 292 g/mol. The molecule has 0 spiro atoms. The first-order chi connectivity index (χ1) is 9.88. The molecule has 0 bridgehead atoms. The first-order valence-electron chi connectivity index (χ1n) is 6.18. The Morgan fingerprint density at radius 1 is 1.19 bits per heavy atom. The van der Waals surface area contributed by atoms with Crippen molar-refractivity contribution in [1.29, 1.82) is 0 Å². The van der Waals surface area contributed by atoms with Crippen LogP contribution < -0.4 is 14.3 Å². The zero-order valence-corrected chi connectivity index (χ0v) is 12.4. The molecule has 0 radical (unpaired) electrons. The number of aromatic nitrogens is 1. The number of amides is 1. The average molecular weight is 307 g/mol. The van der Waals surface area contributed by atoms with Gasteiger partial charge in [0.2, 0.25) is 18.3 Å². The van der Waals surface area contributed by atoms with E-state index in [0.717, 1.165) is 4.73 Å². The van der Waals surface area contributed by atoms with Gasteiger partial charge in [0.25, 0.3) is 0 Å². The Bertz CT molecular complexity index is 758. The van der Waals surface area contributed by atoms with E-state index in [-0.39, 0.29) is 10.8 Å². The monoisotopic (exact) mass is 307 g/mol.